The van der Waals surface area contributed by atoms with Crippen molar-refractivity contribution in [1.82, 2.24) is 10.3 Å². The van der Waals surface area contributed by atoms with Gasteiger partial charge in [0.2, 0.25) is 5.91 Å². The summed E-state index contributed by atoms with van der Waals surface area (Å²) in [6.45, 7) is 1.01. The first-order valence-corrected chi connectivity index (χ1v) is 9.00. The zero-order valence-corrected chi connectivity index (χ0v) is 15.9. The highest BCUT2D eigenvalue weighted by atomic mass is 16.5. The predicted octanol–water partition coefficient (Wildman–Crippen LogP) is 2.30. The minimum absolute atomic E-state index is 0.0874. The highest BCUT2D eigenvalue weighted by molar-refractivity contribution is 5.95. The molecule has 3 rings (SSSR count). The maximum atomic E-state index is 12.7. The molecule has 1 aromatic heterocycles. The van der Waals surface area contributed by atoms with Crippen molar-refractivity contribution < 1.29 is 23.5 Å². The third-order valence-electron chi connectivity index (χ3n) is 4.69. The summed E-state index contributed by atoms with van der Waals surface area (Å²) in [5.41, 5.74) is 3.06. The van der Waals surface area contributed by atoms with Crippen LogP contribution in [-0.4, -0.2) is 50.2 Å². The van der Waals surface area contributed by atoms with Crippen LogP contribution in [0.5, 0.6) is 11.5 Å². The van der Waals surface area contributed by atoms with Crippen LogP contribution >= 0.6 is 0 Å². The minimum Gasteiger partial charge on any atom is -0.493 e. The Bertz CT molecular complexity index is 840. The number of likely N-dealkylation sites (tertiary alicyclic amines) is 1. The Morgan fingerprint density at radius 3 is 2.57 bits per heavy atom. The van der Waals surface area contributed by atoms with Crippen LogP contribution in [0.2, 0.25) is 0 Å². The van der Waals surface area contributed by atoms with E-state index in [9.17, 15) is 9.59 Å². The van der Waals surface area contributed by atoms with Crippen LogP contribution in [0.4, 0.5) is 0 Å². The van der Waals surface area contributed by atoms with Gasteiger partial charge in [0, 0.05) is 24.6 Å². The van der Waals surface area contributed by atoms with Crippen molar-refractivity contribution in [2.24, 2.45) is 11.0 Å². The third kappa shape index (κ3) is 4.51. The molecule has 8 heteroatoms. The van der Waals surface area contributed by atoms with E-state index in [4.69, 9.17) is 13.9 Å². The Labute approximate surface area is 163 Å². The number of methoxy groups -OCH3 is 2. The first-order valence-electron chi connectivity index (χ1n) is 9.00. The molecule has 2 heterocycles. The molecule has 0 saturated carbocycles. The molecule has 1 N–H and O–H groups in total. The smallest absolute Gasteiger partial charge is 0.253 e. The van der Waals surface area contributed by atoms with Crippen LogP contribution in [-0.2, 0) is 4.79 Å². The maximum absolute atomic E-state index is 12.7. The lowest BCUT2D eigenvalue weighted by Gasteiger charge is -2.31. The molecule has 2 aromatic rings. The van der Waals surface area contributed by atoms with E-state index in [1.165, 1.54) is 19.6 Å². The van der Waals surface area contributed by atoms with Crippen LogP contribution in [0.25, 0.3) is 0 Å². The molecule has 1 aliphatic rings. The van der Waals surface area contributed by atoms with E-state index in [1.54, 1.807) is 42.3 Å². The second kappa shape index (κ2) is 9.07. The number of ether oxygens (including phenoxy) is 2. The summed E-state index contributed by atoms with van der Waals surface area (Å²) in [6, 6.07) is 8.58. The van der Waals surface area contributed by atoms with Crippen LogP contribution < -0.4 is 14.9 Å². The molecule has 8 nitrogen and oxygen atoms in total. The summed E-state index contributed by atoms with van der Waals surface area (Å²) in [6.07, 6.45) is 4.16. The quantitative estimate of drug-likeness (QED) is 0.608. The number of furan rings is 1. The summed E-state index contributed by atoms with van der Waals surface area (Å²) in [7, 11) is 3.08. The molecule has 0 atom stereocenters. The molecule has 0 radical (unpaired) electrons. The molecule has 1 fully saturated rings. The van der Waals surface area contributed by atoms with Crippen molar-refractivity contribution in [3.05, 3.63) is 47.9 Å². The number of hydrogen-bond acceptors (Lipinski definition) is 6. The van der Waals surface area contributed by atoms with Crippen molar-refractivity contribution in [2.45, 2.75) is 12.8 Å². The molecule has 148 valence electrons. The van der Waals surface area contributed by atoms with Crippen molar-refractivity contribution in [2.75, 3.05) is 27.3 Å². The van der Waals surface area contributed by atoms with Gasteiger partial charge in [-0.2, -0.15) is 5.10 Å². The van der Waals surface area contributed by atoms with E-state index in [1.807, 2.05) is 0 Å². The zero-order chi connectivity index (χ0) is 19.9. The highest BCUT2D eigenvalue weighted by Crippen LogP contribution is 2.28. The average Bonchev–Trinajstić information content (AvgIpc) is 3.26. The molecule has 0 unspecified atom stereocenters. The van der Waals surface area contributed by atoms with E-state index in [-0.39, 0.29) is 17.7 Å². The summed E-state index contributed by atoms with van der Waals surface area (Å²) in [4.78, 5) is 26.7. The fraction of sp³-hybridized carbons (Fsp3) is 0.350. The fourth-order valence-electron chi connectivity index (χ4n) is 3.11. The predicted molar refractivity (Wildman–Crippen MR) is 103 cm³/mol. The number of hydrazone groups is 1. The second-order valence-corrected chi connectivity index (χ2v) is 6.39. The van der Waals surface area contributed by atoms with Gasteiger partial charge in [-0.3, -0.25) is 9.59 Å². The lowest BCUT2D eigenvalue weighted by Crippen LogP contribution is -2.42. The van der Waals surface area contributed by atoms with Gasteiger partial charge in [0.1, 0.15) is 5.76 Å². The molecule has 1 aromatic carbocycles. The number of nitrogens with zero attached hydrogens (tertiary/aromatic N) is 2. The molecular weight excluding hydrogens is 362 g/mol. The van der Waals surface area contributed by atoms with Gasteiger partial charge < -0.3 is 18.8 Å². The number of nitrogens with one attached hydrogen (secondary N) is 1. The largest absolute Gasteiger partial charge is 0.493 e. The maximum Gasteiger partial charge on any atom is 0.253 e. The molecular formula is C20H23N3O5. The number of amides is 2. The molecule has 28 heavy (non-hydrogen) atoms. The zero-order valence-electron chi connectivity index (χ0n) is 15.9. The number of benzene rings is 1. The Morgan fingerprint density at radius 1 is 1.18 bits per heavy atom. The van der Waals surface area contributed by atoms with Gasteiger partial charge in [0.15, 0.2) is 11.5 Å². The minimum atomic E-state index is -0.178. The lowest BCUT2D eigenvalue weighted by atomic mass is 9.95. The SMILES string of the molecule is COc1ccc(C(=O)N2CCC(C(=O)N/N=C\c3ccco3)CC2)cc1OC. The number of piperidine rings is 1. The summed E-state index contributed by atoms with van der Waals surface area (Å²) in [5, 5.41) is 3.90. The summed E-state index contributed by atoms with van der Waals surface area (Å²) >= 11 is 0. The Kier molecular flexibility index (Phi) is 6.31. The van der Waals surface area contributed by atoms with Gasteiger partial charge >= 0.3 is 0 Å². The van der Waals surface area contributed by atoms with E-state index < -0.39 is 0 Å². The van der Waals surface area contributed by atoms with E-state index in [0.29, 0.717) is 48.8 Å². The normalized spacial score (nSPS) is 14.9. The topological polar surface area (TPSA) is 93.4 Å². The number of hydrogen-bond donors (Lipinski definition) is 1. The van der Waals surface area contributed by atoms with Crippen LogP contribution in [0.3, 0.4) is 0 Å². The molecule has 2 amide bonds. The first kappa shape index (κ1) is 19.5. The van der Waals surface area contributed by atoms with Gasteiger partial charge in [-0.1, -0.05) is 0 Å². The lowest BCUT2D eigenvalue weighted by molar-refractivity contribution is -0.126. The summed E-state index contributed by atoms with van der Waals surface area (Å²) < 4.78 is 15.6. The van der Waals surface area contributed by atoms with Gasteiger partial charge in [-0.25, -0.2) is 5.43 Å². The Morgan fingerprint density at radius 2 is 1.93 bits per heavy atom. The number of carbonyl (C=O) groups excluding carboxylic acids is 2. The van der Waals surface area contributed by atoms with Crippen molar-refractivity contribution >= 4 is 18.0 Å². The second-order valence-electron chi connectivity index (χ2n) is 6.39. The molecule has 0 aliphatic carbocycles. The average molecular weight is 385 g/mol. The first-order chi connectivity index (χ1) is 13.6. The van der Waals surface area contributed by atoms with Gasteiger partial charge in [0.25, 0.3) is 5.91 Å². The molecule has 0 spiro atoms. The third-order valence-corrected chi connectivity index (χ3v) is 4.69. The highest BCUT2D eigenvalue weighted by Gasteiger charge is 2.28. The molecule has 1 aliphatic heterocycles. The molecule has 0 bridgehead atoms. The van der Waals surface area contributed by atoms with E-state index in [0.717, 1.165) is 0 Å². The van der Waals surface area contributed by atoms with Crippen molar-refractivity contribution in [1.29, 1.82) is 0 Å². The molecule has 1 saturated heterocycles. The Balaban J connectivity index is 1.53. The fourth-order valence-corrected chi connectivity index (χ4v) is 3.11. The van der Waals surface area contributed by atoms with Crippen LogP contribution in [0, 0.1) is 5.92 Å². The number of rotatable bonds is 6. The number of carbonyl (C=O) groups is 2. The standard InChI is InChI=1S/C20H23N3O5/c1-26-17-6-5-15(12-18(17)27-2)20(25)23-9-7-14(8-10-23)19(24)22-21-13-16-4-3-11-28-16/h3-6,11-14H,7-10H2,1-2H3,(H,22,24)/b21-13-. The van der Waals surface area contributed by atoms with Crippen molar-refractivity contribution in [3.8, 4) is 11.5 Å². The van der Waals surface area contributed by atoms with Gasteiger partial charge in [0.05, 0.1) is 26.7 Å². The van der Waals surface area contributed by atoms with Gasteiger partial charge in [-0.15, -0.1) is 0 Å². The Hall–Kier alpha value is -3.29. The summed E-state index contributed by atoms with van der Waals surface area (Å²) in [5.74, 6) is 1.23. The monoisotopic (exact) mass is 385 g/mol. The van der Waals surface area contributed by atoms with E-state index in [2.05, 4.69) is 10.5 Å². The van der Waals surface area contributed by atoms with E-state index >= 15 is 0 Å². The van der Waals surface area contributed by atoms with Crippen LogP contribution in [0.1, 0.15) is 29.0 Å². The van der Waals surface area contributed by atoms with Crippen LogP contribution in [0.15, 0.2) is 46.1 Å². The van der Waals surface area contributed by atoms with Gasteiger partial charge in [-0.05, 0) is 43.2 Å². The van der Waals surface area contributed by atoms with Crippen molar-refractivity contribution in [3.63, 3.8) is 0 Å².